The van der Waals surface area contributed by atoms with E-state index in [4.69, 9.17) is 0 Å². The molecule has 0 radical (unpaired) electrons. The predicted octanol–water partition coefficient (Wildman–Crippen LogP) is 2.31. The average Bonchev–Trinajstić information content (AvgIpc) is 2.94. The molecule has 0 bridgehead atoms. The molecule has 0 amide bonds. The summed E-state index contributed by atoms with van der Waals surface area (Å²) in [6, 6.07) is 1.96. The van der Waals surface area contributed by atoms with Gasteiger partial charge in [-0.1, -0.05) is 18.7 Å². The molecule has 2 aromatic heterocycles. The van der Waals surface area contributed by atoms with E-state index >= 15 is 0 Å². The van der Waals surface area contributed by atoms with Gasteiger partial charge in [-0.05, 0) is 31.8 Å². The van der Waals surface area contributed by atoms with Crippen molar-refractivity contribution in [3.05, 3.63) is 36.4 Å². The van der Waals surface area contributed by atoms with Gasteiger partial charge in [0.25, 0.3) is 0 Å². The van der Waals surface area contributed by atoms with Crippen LogP contribution in [-0.2, 0) is 13.1 Å². The van der Waals surface area contributed by atoms with Gasteiger partial charge in [0, 0.05) is 43.4 Å². The molecule has 108 valence electrons. The van der Waals surface area contributed by atoms with E-state index in [1.165, 1.54) is 0 Å². The number of aryl methyl sites for hydroxylation is 1. The van der Waals surface area contributed by atoms with Crippen LogP contribution in [0.15, 0.2) is 36.0 Å². The van der Waals surface area contributed by atoms with E-state index in [1.54, 1.807) is 11.8 Å². The van der Waals surface area contributed by atoms with E-state index in [0.29, 0.717) is 0 Å². The molecule has 20 heavy (non-hydrogen) atoms. The summed E-state index contributed by atoms with van der Waals surface area (Å²) in [5.74, 6) is 1.01. The smallest absolute Gasteiger partial charge is 0.187 e. The van der Waals surface area contributed by atoms with E-state index in [-0.39, 0.29) is 0 Å². The summed E-state index contributed by atoms with van der Waals surface area (Å²) in [6.07, 6.45) is 8.75. The quantitative estimate of drug-likeness (QED) is 0.552. The summed E-state index contributed by atoms with van der Waals surface area (Å²) in [5.41, 5.74) is 1.16. The highest BCUT2D eigenvalue weighted by Gasteiger charge is 2.02. The van der Waals surface area contributed by atoms with Crippen molar-refractivity contribution in [1.82, 2.24) is 24.6 Å². The van der Waals surface area contributed by atoms with Crippen molar-refractivity contribution in [1.29, 1.82) is 0 Å². The molecule has 0 unspecified atom stereocenters. The van der Waals surface area contributed by atoms with Gasteiger partial charge in [0.15, 0.2) is 5.16 Å². The van der Waals surface area contributed by atoms with Crippen molar-refractivity contribution in [3.8, 4) is 0 Å². The normalized spacial score (nSPS) is 11.2. The Bertz CT molecular complexity index is 483. The highest BCUT2D eigenvalue weighted by molar-refractivity contribution is 7.99. The lowest BCUT2D eigenvalue weighted by Gasteiger charge is -2.16. The topological polar surface area (TPSA) is 46.8 Å². The van der Waals surface area contributed by atoms with E-state index < -0.39 is 0 Å². The number of aromatic nitrogens is 4. The van der Waals surface area contributed by atoms with Gasteiger partial charge in [0.1, 0.15) is 0 Å². The molecule has 5 nitrogen and oxygen atoms in total. The van der Waals surface area contributed by atoms with E-state index in [2.05, 4.69) is 33.9 Å². The number of thioether (sulfide) groups is 1. The fraction of sp³-hybridized carbons (Fsp3) is 0.500. The molecular weight excluding hydrogens is 270 g/mol. The first kappa shape index (κ1) is 15.0. The second-order valence-electron chi connectivity index (χ2n) is 4.67. The third-order valence-corrected chi connectivity index (χ3v) is 3.65. The molecule has 0 saturated heterocycles. The summed E-state index contributed by atoms with van der Waals surface area (Å²) in [6.45, 7) is 4.98. The first-order valence-corrected chi connectivity index (χ1v) is 7.86. The average molecular weight is 291 g/mol. The summed E-state index contributed by atoms with van der Waals surface area (Å²) in [7, 11) is 2.12. The molecule has 0 aliphatic carbocycles. The van der Waals surface area contributed by atoms with Crippen molar-refractivity contribution in [3.63, 3.8) is 0 Å². The molecule has 0 aromatic carbocycles. The highest BCUT2D eigenvalue weighted by Crippen LogP contribution is 2.11. The maximum atomic E-state index is 4.35. The lowest BCUT2D eigenvalue weighted by Crippen LogP contribution is -2.20. The van der Waals surface area contributed by atoms with Crippen molar-refractivity contribution in [2.75, 3.05) is 19.3 Å². The molecule has 0 aliphatic heterocycles. The van der Waals surface area contributed by atoms with Gasteiger partial charge in [0.2, 0.25) is 0 Å². The van der Waals surface area contributed by atoms with E-state index in [9.17, 15) is 0 Å². The third-order valence-electron chi connectivity index (χ3n) is 2.89. The van der Waals surface area contributed by atoms with Crippen LogP contribution in [0.2, 0.25) is 0 Å². The molecule has 0 saturated carbocycles. The van der Waals surface area contributed by atoms with Gasteiger partial charge in [-0.2, -0.15) is 5.10 Å². The Balaban J connectivity index is 1.71. The Morgan fingerprint density at radius 1 is 1.30 bits per heavy atom. The van der Waals surface area contributed by atoms with Crippen molar-refractivity contribution in [2.24, 2.45) is 0 Å². The van der Waals surface area contributed by atoms with Crippen LogP contribution in [0.1, 0.15) is 18.9 Å². The van der Waals surface area contributed by atoms with Crippen LogP contribution in [0.4, 0.5) is 0 Å². The molecule has 0 fully saturated rings. The molecule has 2 rings (SSSR count). The second kappa shape index (κ2) is 8.01. The van der Waals surface area contributed by atoms with Crippen LogP contribution < -0.4 is 0 Å². The molecule has 6 heteroatoms. The largest absolute Gasteiger partial charge is 0.302 e. The van der Waals surface area contributed by atoms with Gasteiger partial charge in [-0.15, -0.1) is 0 Å². The first-order chi connectivity index (χ1) is 9.78. The SMILES string of the molecule is CCSc1ncc(CN(C)CCCn2cccn2)cn1. The van der Waals surface area contributed by atoms with Crippen molar-refractivity contribution < 1.29 is 0 Å². The monoisotopic (exact) mass is 291 g/mol. The van der Waals surface area contributed by atoms with E-state index in [0.717, 1.165) is 42.5 Å². The molecule has 0 N–H and O–H groups in total. The predicted molar refractivity (Wildman–Crippen MR) is 81.6 cm³/mol. The van der Waals surface area contributed by atoms with Gasteiger partial charge in [-0.25, -0.2) is 9.97 Å². The van der Waals surface area contributed by atoms with Crippen molar-refractivity contribution in [2.45, 2.75) is 31.6 Å². The summed E-state index contributed by atoms with van der Waals surface area (Å²) < 4.78 is 1.97. The Labute approximate surface area is 124 Å². The Hall–Kier alpha value is -1.40. The fourth-order valence-corrected chi connectivity index (χ4v) is 2.47. The maximum absolute atomic E-state index is 4.35. The van der Waals surface area contributed by atoms with E-state index in [1.807, 2.05) is 35.5 Å². The van der Waals surface area contributed by atoms with Crippen LogP contribution in [0.3, 0.4) is 0 Å². The highest BCUT2D eigenvalue weighted by atomic mass is 32.2. The summed E-state index contributed by atoms with van der Waals surface area (Å²) >= 11 is 1.67. The van der Waals surface area contributed by atoms with Crippen molar-refractivity contribution >= 4 is 11.8 Å². The third kappa shape index (κ3) is 4.94. The standard InChI is InChI=1S/C14H21N5S/c1-3-20-14-15-10-13(11-16-14)12-18(2)7-5-9-19-8-4-6-17-19/h4,6,8,10-11H,3,5,7,9,12H2,1-2H3. The summed E-state index contributed by atoms with van der Waals surface area (Å²) in [4.78, 5) is 11.0. The number of nitrogens with zero attached hydrogens (tertiary/aromatic N) is 5. The molecule has 0 spiro atoms. The zero-order valence-electron chi connectivity index (χ0n) is 12.1. The Morgan fingerprint density at radius 3 is 2.75 bits per heavy atom. The molecule has 0 atom stereocenters. The lowest BCUT2D eigenvalue weighted by molar-refractivity contribution is 0.310. The lowest BCUT2D eigenvalue weighted by atomic mass is 10.3. The van der Waals surface area contributed by atoms with Crippen LogP contribution in [0.5, 0.6) is 0 Å². The Morgan fingerprint density at radius 2 is 2.10 bits per heavy atom. The minimum absolute atomic E-state index is 0.859. The zero-order chi connectivity index (χ0) is 14.2. The molecule has 2 heterocycles. The number of hydrogen-bond acceptors (Lipinski definition) is 5. The van der Waals surface area contributed by atoms with Gasteiger partial charge >= 0.3 is 0 Å². The molecular formula is C14H21N5S. The van der Waals surface area contributed by atoms with Crippen LogP contribution in [0.25, 0.3) is 0 Å². The maximum Gasteiger partial charge on any atom is 0.187 e. The van der Waals surface area contributed by atoms with Gasteiger partial charge in [-0.3, -0.25) is 4.68 Å². The Kier molecular flexibility index (Phi) is 6.01. The van der Waals surface area contributed by atoms with Crippen LogP contribution >= 0.6 is 11.8 Å². The number of hydrogen-bond donors (Lipinski definition) is 0. The fourth-order valence-electron chi connectivity index (χ4n) is 1.95. The minimum atomic E-state index is 0.859. The van der Waals surface area contributed by atoms with Gasteiger partial charge < -0.3 is 4.90 Å². The van der Waals surface area contributed by atoms with Crippen LogP contribution in [0, 0.1) is 0 Å². The van der Waals surface area contributed by atoms with Gasteiger partial charge in [0.05, 0.1) is 0 Å². The molecule has 0 aliphatic rings. The molecule has 2 aromatic rings. The number of rotatable bonds is 8. The zero-order valence-corrected chi connectivity index (χ0v) is 12.9. The summed E-state index contributed by atoms with van der Waals surface area (Å²) in [5, 5.41) is 5.06. The minimum Gasteiger partial charge on any atom is -0.302 e. The second-order valence-corrected chi connectivity index (χ2v) is 5.90. The van der Waals surface area contributed by atoms with Crippen LogP contribution in [-0.4, -0.2) is 44.0 Å². The first-order valence-electron chi connectivity index (χ1n) is 6.87.